The first-order valence-electron chi connectivity index (χ1n) is 10.2. The number of carbonyl (C=O) groups excluding carboxylic acids is 1. The number of benzene rings is 3. The van der Waals surface area contributed by atoms with E-state index in [4.69, 9.17) is 4.74 Å². The van der Waals surface area contributed by atoms with Gasteiger partial charge >= 0.3 is 0 Å². The second kappa shape index (κ2) is 6.48. The first kappa shape index (κ1) is 18.0. The number of hydrogen-bond donors (Lipinski definition) is 1. The smallest absolute Gasteiger partial charge is 0.162 e. The number of ether oxygens (including phenoxy) is 1. The van der Waals surface area contributed by atoms with Gasteiger partial charge in [-0.2, -0.15) is 0 Å². The average Bonchev–Trinajstić information content (AvgIpc) is 2.72. The van der Waals surface area contributed by atoms with E-state index in [2.05, 4.69) is 67.7 Å². The van der Waals surface area contributed by atoms with Gasteiger partial charge < -0.3 is 10.1 Å². The van der Waals surface area contributed by atoms with Crippen molar-refractivity contribution in [3.8, 4) is 5.75 Å². The van der Waals surface area contributed by atoms with E-state index in [1.54, 1.807) is 7.11 Å². The molecule has 3 heteroatoms. The number of fused-ring (bicyclic) bond motifs is 4. The quantitative estimate of drug-likeness (QED) is 0.576. The standard InChI is InChI=1S/C26H25NO2/c1-26(2)14-21-20-13-10-16-6-4-5-7-19(16)25(20)27-24(23(21)22(28)15-26)17-8-11-18(29-3)12-9-17/h4-13,24,27H,14-15H2,1-3H3/t24-/m0/s1. The van der Waals surface area contributed by atoms with E-state index in [1.807, 2.05) is 12.1 Å². The lowest BCUT2D eigenvalue weighted by molar-refractivity contribution is -0.118. The van der Waals surface area contributed by atoms with Crippen LogP contribution in [0.4, 0.5) is 5.69 Å². The summed E-state index contributed by atoms with van der Waals surface area (Å²) in [6, 6.07) is 20.7. The molecule has 0 bridgehead atoms. The van der Waals surface area contributed by atoms with Crippen LogP contribution < -0.4 is 10.1 Å². The van der Waals surface area contributed by atoms with Crippen LogP contribution >= 0.6 is 0 Å². The highest BCUT2D eigenvalue weighted by Crippen LogP contribution is 2.51. The number of anilines is 1. The first-order valence-corrected chi connectivity index (χ1v) is 10.2. The highest BCUT2D eigenvalue weighted by Gasteiger charge is 2.40. The SMILES string of the molecule is COc1ccc([C@@H]2Nc3c(ccc4ccccc34)C3=C2C(=O)CC(C)(C)C3)cc1. The van der Waals surface area contributed by atoms with Crippen molar-refractivity contribution >= 4 is 27.8 Å². The van der Waals surface area contributed by atoms with Gasteiger partial charge in [0.25, 0.3) is 0 Å². The van der Waals surface area contributed by atoms with Crippen molar-refractivity contribution < 1.29 is 9.53 Å². The Balaban J connectivity index is 1.75. The lowest BCUT2D eigenvalue weighted by Crippen LogP contribution is -2.33. The maximum Gasteiger partial charge on any atom is 0.162 e. The fourth-order valence-corrected chi connectivity index (χ4v) is 4.85. The number of Topliss-reactive ketones (excluding diaryl/α,β-unsaturated/α-hetero) is 1. The van der Waals surface area contributed by atoms with Gasteiger partial charge in [-0.25, -0.2) is 0 Å². The highest BCUT2D eigenvalue weighted by molar-refractivity contribution is 6.12. The lowest BCUT2D eigenvalue weighted by Gasteiger charge is -2.40. The van der Waals surface area contributed by atoms with E-state index < -0.39 is 0 Å². The van der Waals surface area contributed by atoms with E-state index in [-0.39, 0.29) is 17.2 Å². The fourth-order valence-electron chi connectivity index (χ4n) is 4.85. The van der Waals surface area contributed by atoms with Crippen LogP contribution in [0.3, 0.4) is 0 Å². The second-order valence-corrected chi connectivity index (χ2v) is 8.89. The zero-order valence-corrected chi connectivity index (χ0v) is 17.1. The van der Waals surface area contributed by atoms with Crippen molar-refractivity contribution in [1.82, 2.24) is 0 Å². The molecule has 3 aromatic carbocycles. The molecule has 1 N–H and O–H groups in total. The summed E-state index contributed by atoms with van der Waals surface area (Å²) in [5.74, 6) is 1.07. The Hall–Kier alpha value is -3.07. The molecule has 0 radical (unpaired) electrons. The molecule has 0 saturated heterocycles. The molecule has 0 aromatic heterocycles. The van der Waals surface area contributed by atoms with Gasteiger partial charge in [-0.15, -0.1) is 0 Å². The zero-order valence-electron chi connectivity index (χ0n) is 17.1. The van der Waals surface area contributed by atoms with Crippen molar-refractivity contribution in [3.63, 3.8) is 0 Å². The summed E-state index contributed by atoms with van der Waals surface area (Å²) in [4.78, 5) is 13.3. The van der Waals surface area contributed by atoms with Crippen LogP contribution in [0.25, 0.3) is 16.3 Å². The summed E-state index contributed by atoms with van der Waals surface area (Å²) in [6.45, 7) is 4.39. The normalized spacial score (nSPS) is 20.1. The fraction of sp³-hybridized carbons (Fsp3) is 0.269. The highest BCUT2D eigenvalue weighted by atomic mass is 16.5. The van der Waals surface area contributed by atoms with Gasteiger partial charge in [-0.05, 0) is 40.5 Å². The summed E-state index contributed by atoms with van der Waals surface area (Å²) >= 11 is 0. The van der Waals surface area contributed by atoms with Crippen molar-refractivity contribution in [1.29, 1.82) is 0 Å². The zero-order chi connectivity index (χ0) is 20.2. The Labute approximate surface area is 171 Å². The maximum absolute atomic E-state index is 13.3. The van der Waals surface area contributed by atoms with Crippen molar-refractivity contribution in [2.24, 2.45) is 5.41 Å². The molecule has 2 aliphatic rings. The molecule has 146 valence electrons. The number of ketones is 1. The van der Waals surface area contributed by atoms with Gasteiger partial charge in [-0.3, -0.25) is 4.79 Å². The molecule has 1 atom stereocenters. The Morgan fingerprint density at radius 3 is 2.48 bits per heavy atom. The van der Waals surface area contributed by atoms with Gasteiger partial charge in [0.1, 0.15) is 5.75 Å². The largest absolute Gasteiger partial charge is 0.497 e. The molecule has 29 heavy (non-hydrogen) atoms. The Morgan fingerprint density at radius 2 is 1.72 bits per heavy atom. The van der Waals surface area contributed by atoms with Crippen LogP contribution in [0.5, 0.6) is 5.75 Å². The molecule has 0 saturated carbocycles. The molecule has 1 aliphatic carbocycles. The molecule has 3 nitrogen and oxygen atoms in total. The molecule has 3 aromatic rings. The summed E-state index contributed by atoms with van der Waals surface area (Å²) in [6.07, 6.45) is 1.50. The molecule has 5 rings (SSSR count). The molecular formula is C26H25NO2. The number of rotatable bonds is 2. The minimum atomic E-state index is -0.141. The number of hydrogen-bond acceptors (Lipinski definition) is 3. The third-order valence-corrected chi connectivity index (χ3v) is 6.20. The third kappa shape index (κ3) is 2.93. The number of nitrogens with one attached hydrogen (secondary N) is 1. The van der Waals surface area contributed by atoms with Crippen LogP contribution in [-0.4, -0.2) is 12.9 Å². The Bertz CT molecular complexity index is 1160. The first-order chi connectivity index (χ1) is 14.0. The van der Waals surface area contributed by atoms with E-state index in [0.717, 1.165) is 29.0 Å². The van der Waals surface area contributed by atoms with E-state index in [0.29, 0.717) is 6.42 Å². The third-order valence-electron chi connectivity index (χ3n) is 6.20. The second-order valence-electron chi connectivity index (χ2n) is 8.89. The van der Waals surface area contributed by atoms with Gasteiger partial charge in [0, 0.05) is 22.9 Å². The Kier molecular flexibility index (Phi) is 4.02. The molecule has 0 unspecified atom stereocenters. The van der Waals surface area contributed by atoms with Gasteiger partial charge in [0.2, 0.25) is 0 Å². The molecule has 0 spiro atoms. The van der Waals surface area contributed by atoms with Crippen LogP contribution in [0.1, 0.15) is 43.9 Å². The van der Waals surface area contributed by atoms with Crippen molar-refractivity contribution in [2.75, 3.05) is 12.4 Å². The van der Waals surface area contributed by atoms with E-state index >= 15 is 0 Å². The predicted octanol–water partition coefficient (Wildman–Crippen LogP) is 6.16. The minimum Gasteiger partial charge on any atom is -0.497 e. The van der Waals surface area contributed by atoms with Gasteiger partial charge in [0.15, 0.2) is 5.78 Å². The van der Waals surface area contributed by atoms with E-state index in [9.17, 15) is 4.79 Å². The Morgan fingerprint density at radius 1 is 0.966 bits per heavy atom. The number of methoxy groups -OCH3 is 1. The average molecular weight is 383 g/mol. The van der Waals surface area contributed by atoms with Crippen LogP contribution in [0.2, 0.25) is 0 Å². The monoisotopic (exact) mass is 383 g/mol. The summed E-state index contributed by atoms with van der Waals surface area (Å²) < 4.78 is 5.33. The van der Waals surface area contributed by atoms with Gasteiger partial charge in [-0.1, -0.05) is 62.4 Å². The van der Waals surface area contributed by atoms with Crippen LogP contribution in [0.15, 0.2) is 66.2 Å². The number of carbonyl (C=O) groups is 1. The molecule has 0 amide bonds. The maximum atomic E-state index is 13.3. The topological polar surface area (TPSA) is 38.3 Å². The molecule has 1 heterocycles. The van der Waals surface area contributed by atoms with Gasteiger partial charge in [0.05, 0.1) is 18.8 Å². The summed E-state index contributed by atoms with van der Waals surface area (Å²) in [5, 5.41) is 6.14. The van der Waals surface area contributed by atoms with Crippen molar-refractivity contribution in [3.05, 3.63) is 77.4 Å². The number of allylic oxidation sites excluding steroid dienone is 1. The lowest BCUT2D eigenvalue weighted by atomic mass is 9.68. The minimum absolute atomic E-state index is 0.0272. The predicted molar refractivity (Wildman–Crippen MR) is 118 cm³/mol. The molecular weight excluding hydrogens is 358 g/mol. The van der Waals surface area contributed by atoms with Crippen LogP contribution in [0, 0.1) is 5.41 Å². The van der Waals surface area contributed by atoms with E-state index in [1.165, 1.54) is 21.9 Å². The van der Waals surface area contributed by atoms with Crippen LogP contribution in [-0.2, 0) is 4.79 Å². The summed E-state index contributed by atoms with van der Waals surface area (Å²) in [5.41, 5.74) is 5.49. The summed E-state index contributed by atoms with van der Waals surface area (Å²) in [7, 11) is 1.67. The van der Waals surface area contributed by atoms with Crippen molar-refractivity contribution in [2.45, 2.75) is 32.7 Å². The molecule has 0 fully saturated rings. The molecule has 1 aliphatic heterocycles.